The molecule has 1 aromatic heterocycles. The molecule has 0 spiro atoms. The highest BCUT2D eigenvalue weighted by atomic mass is 14.9. The van der Waals surface area contributed by atoms with Gasteiger partial charge in [-0.3, -0.25) is 4.98 Å². The van der Waals surface area contributed by atoms with Gasteiger partial charge in [-0.05, 0) is 50.4 Å². The minimum atomic E-state index is 0.375. The molecular formula is C18H24N2. The molecule has 20 heavy (non-hydrogen) atoms. The van der Waals surface area contributed by atoms with Gasteiger partial charge in [0.25, 0.3) is 0 Å². The van der Waals surface area contributed by atoms with Crippen molar-refractivity contribution in [2.75, 3.05) is 6.54 Å². The fraction of sp³-hybridized carbons (Fsp3) is 0.389. The number of nitrogens with zero attached hydrogens (tertiary/aromatic N) is 1. The van der Waals surface area contributed by atoms with Crippen LogP contribution in [0.25, 0.3) is 10.9 Å². The Hall–Kier alpha value is -1.67. The number of nitrogens with one attached hydrogen (secondary N) is 1. The monoisotopic (exact) mass is 268 g/mol. The molecule has 1 unspecified atom stereocenters. The van der Waals surface area contributed by atoms with Crippen LogP contribution in [0.3, 0.4) is 0 Å². The van der Waals surface area contributed by atoms with Gasteiger partial charge in [0.2, 0.25) is 0 Å². The number of para-hydroxylation sites is 1. The minimum Gasteiger partial charge on any atom is -0.310 e. The molecule has 0 saturated carbocycles. The zero-order valence-corrected chi connectivity index (χ0v) is 12.5. The Balaban J connectivity index is 2.42. The van der Waals surface area contributed by atoms with E-state index in [9.17, 15) is 0 Å². The van der Waals surface area contributed by atoms with Crippen LogP contribution in [0.2, 0.25) is 0 Å². The quantitative estimate of drug-likeness (QED) is 0.745. The largest absolute Gasteiger partial charge is 0.310 e. The van der Waals surface area contributed by atoms with Crippen molar-refractivity contribution in [2.45, 2.75) is 39.2 Å². The minimum absolute atomic E-state index is 0.375. The standard InChI is InChI=1S/C18H24N2/c1-4-6-10-17(19-12-5-2)16-13-14(3)20-18-11-8-7-9-15(16)18/h4,7-9,11,13,17,19H,1,5-6,10,12H2,2-3H3. The zero-order chi connectivity index (χ0) is 14.4. The summed E-state index contributed by atoms with van der Waals surface area (Å²) >= 11 is 0. The van der Waals surface area contributed by atoms with E-state index in [2.05, 4.69) is 61.1 Å². The van der Waals surface area contributed by atoms with Crippen molar-refractivity contribution in [3.05, 3.63) is 54.2 Å². The van der Waals surface area contributed by atoms with E-state index in [4.69, 9.17) is 0 Å². The van der Waals surface area contributed by atoms with Gasteiger partial charge in [-0.2, -0.15) is 0 Å². The van der Waals surface area contributed by atoms with Crippen molar-refractivity contribution < 1.29 is 0 Å². The summed E-state index contributed by atoms with van der Waals surface area (Å²) in [5, 5.41) is 4.92. The van der Waals surface area contributed by atoms with E-state index in [1.807, 2.05) is 6.08 Å². The SMILES string of the molecule is C=CCCC(NCCC)c1cc(C)nc2ccccc12. The first kappa shape index (κ1) is 14.7. The summed E-state index contributed by atoms with van der Waals surface area (Å²) < 4.78 is 0. The Labute approximate surface area is 121 Å². The molecule has 0 aliphatic heterocycles. The van der Waals surface area contributed by atoms with Crippen LogP contribution in [-0.4, -0.2) is 11.5 Å². The lowest BCUT2D eigenvalue weighted by atomic mass is 9.97. The molecule has 0 aliphatic carbocycles. The average Bonchev–Trinajstić information content (AvgIpc) is 2.46. The highest BCUT2D eigenvalue weighted by Gasteiger charge is 2.14. The van der Waals surface area contributed by atoms with Gasteiger partial charge < -0.3 is 5.32 Å². The lowest BCUT2D eigenvalue weighted by Gasteiger charge is -2.20. The molecule has 106 valence electrons. The van der Waals surface area contributed by atoms with E-state index in [1.165, 1.54) is 10.9 Å². The molecule has 2 heteroatoms. The number of allylic oxidation sites excluding steroid dienone is 1. The lowest BCUT2D eigenvalue weighted by Crippen LogP contribution is -2.22. The first-order valence-electron chi connectivity index (χ1n) is 7.46. The maximum Gasteiger partial charge on any atom is 0.0708 e. The lowest BCUT2D eigenvalue weighted by molar-refractivity contribution is 0.505. The first-order valence-corrected chi connectivity index (χ1v) is 7.46. The van der Waals surface area contributed by atoms with E-state index in [1.54, 1.807) is 0 Å². The maximum absolute atomic E-state index is 4.63. The second-order valence-corrected chi connectivity index (χ2v) is 5.24. The molecule has 0 fully saturated rings. The van der Waals surface area contributed by atoms with Gasteiger partial charge in [-0.25, -0.2) is 0 Å². The normalized spacial score (nSPS) is 12.5. The number of aromatic nitrogens is 1. The molecule has 2 rings (SSSR count). The zero-order valence-electron chi connectivity index (χ0n) is 12.5. The molecule has 0 aliphatic rings. The van der Waals surface area contributed by atoms with Crippen molar-refractivity contribution in [3.63, 3.8) is 0 Å². The third-order valence-electron chi connectivity index (χ3n) is 3.55. The summed E-state index contributed by atoms with van der Waals surface area (Å²) in [5.74, 6) is 0. The van der Waals surface area contributed by atoms with Crippen molar-refractivity contribution >= 4 is 10.9 Å². The third kappa shape index (κ3) is 3.45. The molecular weight excluding hydrogens is 244 g/mol. The third-order valence-corrected chi connectivity index (χ3v) is 3.55. The van der Waals surface area contributed by atoms with Gasteiger partial charge in [-0.1, -0.05) is 31.2 Å². The summed E-state index contributed by atoms with van der Waals surface area (Å²) in [5.41, 5.74) is 3.54. The predicted molar refractivity (Wildman–Crippen MR) is 86.9 cm³/mol. The topological polar surface area (TPSA) is 24.9 Å². The molecule has 1 N–H and O–H groups in total. The Bertz CT molecular complexity index is 575. The van der Waals surface area contributed by atoms with E-state index in [-0.39, 0.29) is 0 Å². The second-order valence-electron chi connectivity index (χ2n) is 5.24. The molecule has 1 aromatic carbocycles. The van der Waals surface area contributed by atoms with Gasteiger partial charge in [0.15, 0.2) is 0 Å². The van der Waals surface area contributed by atoms with Crippen molar-refractivity contribution in [2.24, 2.45) is 0 Å². The number of rotatable bonds is 7. The van der Waals surface area contributed by atoms with Crippen LogP contribution in [-0.2, 0) is 0 Å². The highest BCUT2D eigenvalue weighted by molar-refractivity contribution is 5.82. The Morgan fingerprint density at radius 3 is 2.90 bits per heavy atom. The fourth-order valence-corrected chi connectivity index (χ4v) is 2.60. The van der Waals surface area contributed by atoms with Crippen LogP contribution >= 0.6 is 0 Å². The Morgan fingerprint density at radius 1 is 1.35 bits per heavy atom. The van der Waals surface area contributed by atoms with Crippen molar-refractivity contribution in [1.82, 2.24) is 10.3 Å². The number of pyridine rings is 1. The first-order chi connectivity index (χ1) is 9.76. The fourth-order valence-electron chi connectivity index (χ4n) is 2.60. The average molecular weight is 268 g/mol. The Kier molecular flexibility index (Phi) is 5.31. The second kappa shape index (κ2) is 7.20. The van der Waals surface area contributed by atoms with E-state index in [0.717, 1.165) is 37.0 Å². The van der Waals surface area contributed by atoms with Gasteiger partial charge >= 0.3 is 0 Å². The van der Waals surface area contributed by atoms with Crippen LogP contribution in [0.4, 0.5) is 0 Å². The molecule has 1 heterocycles. The van der Waals surface area contributed by atoms with E-state index < -0.39 is 0 Å². The van der Waals surface area contributed by atoms with E-state index >= 15 is 0 Å². The number of hydrogen-bond acceptors (Lipinski definition) is 2. The molecule has 0 amide bonds. The molecule has 1 atom stereocenters. The summed E-state index contributed by atoms with van der Waals surface area (Å²) in [6, 6.07) is 11.0. The summed E-state index contributed by atoms with van der Waals surface area (Å²) in [4.78, 5) is 4.63. The number of benzene rings is 1. The summed E-state index contributed by atoms with van der Waals surface area (Å²) in [6.07, 6.45) is 5.25. The molecule has 2 nitrogen and oxygen atoms in total. The molecule has 2 aromatic rings. The van der Waals surface area contributed by atoms with Gasteiger partial charge in [0.1, 0.15) is 0 Å². The highest BCUT2D eigenvalue weighted by Crippen LogP contribution is 2.27. The molecule has 0 saturated heterocycles. The van der Waals surface area contributed by atoms with Crippen molar-refractivity contribution in [1.29, 1.82) is 0 Å². The number of fused-ring (bicyclic) bond motifs is 1. The molecule has 0 radical (unpaired) electrons. The number of hydrogen-bond donors (Lipinski definition) is 1. The van der Waals surface area contributed by atoms with Crippen LogP contribution in [0.5, 0.6) is 0 Å². The van der Waals surface area contributed by atoms with Crippen LogP contribution < -0.4 is 5.32 Å². The van der Waals surface area contributed by atoms with Gasteiger partial charge in [0.05, 0.1) is 5.52 Å². The van der Waals surface area contributed by atoms with Crippen LogP contribution in [0, 0.1) is 6.92 Å². The van der Waals surface area contributed by atoms with Crippen LogP contribution in [0.15, 0.2) is 43.0 Å². The molecule has 0 bridgehead atoms. The smallest absolute Gasteiger partial charge is 0.0708 e. The maximum atomic E-state index is 4.63. The van der Waals surface area contributed by atoms with Crippen molar-refractivity contribution in [3.8, 4) is 0 Å². The number of aryl methyl sites for hydroxylation is 1. The Morgan fingerprint density at radius 2 is 2.15 bits per heavy atom. The summed E-state index contributed by atoms with van der Waals surface area (Å²) in [7, 11) is 0. The van der Waals surface area contributed by atoms with E-state index in [0.29, 0.717) is 6.04 Å². The van der Waals surface area contributed by atoms with Crippen LogP contribution in [0.1, 0.15) is 43.5 Å². The predicted octanol–water partition coefficient (Wildman–Crippen LogP) is 4.55. The summed E-state index contributed by atoms with van der Waals surface area (Å²) in [6.45, 7) is 9.16. The van der Waals surface area contributed by atoms with Gasteiger partial charge in [-0.15, -0.1) is 6.58 Å². The van der Waals surface area contributed by atoms with Gasteiger partial charge in [0, 0.05) is 17.1 Å².